The molecule has 0 atom stereocenters. The molecule has 21 heavy (non-hydrogen) atoms. The second-order valence-corrected chi connectivity index (χ2v) is 4.84. The molecule has 0 amide bonds. The first kappa shape index (κ1) is 14.9. The lowest BCUT2D eigenvalue weighted by Gasteiger charge is -2.16. The van der Waals surface area contributed by atoms with Gasteiger partial charge in [0.1, 0.15) is 5.75 Å². The van der Waals surface area contributed by atoms with Crippen molar-refractivity contribution < 1.29 is 4.74 Å². The minimum Gasteiger partial charge on any atom is -0.497 e. The monoisotopic (exact) mass is 288 g/mol. The first-order valence-electron chi connectivity index (χ1n) is 6.75. The smallest absolute Gasteiger partial charge is 0.269 e. The summed E-state index contributed by atoms with van der Waals surface area (Å²) in [6.07, 6.45) is 1.69. The highest BCUT2D eigenvalue weighted by atomic mass is 16.5. The molecule has 1 heterocycles. The molecule has 0 aliphatic carbocycles. The molecule has 1 aromatic heterocycles. The minimum absolute atomic E-state index is 0.144. The van der Waals surface area contributed by atoms with Gasteiger partial charge in [-0.25, -0.2) is 4.68 Å². The van der Waals surface area contributed by atoms with Crippen LogP contribution in [0.15, 0.2) is 35.3 Å². The molecule has 6 nitrogen and oxygen atoms in total. The van der Waals surface area contributed by atoms with Gasteiger partial charge in [0, 0.05) is 31.4 Å². The Kier molecular flexibility index (Phi) is 4.47. The molecule has 0 saturated heterocycles. The van der Waals surface area contributed by atoms with E-state index in [1.807, 2.05) is 31.0 Å². The van der Waals surface area contributed by atoms with E-state index in [9.17, 15) is 4.79 Å². The number of anilines is 2. The van der Waals surface area contributed by atoms with Crippen molar-refractivity contribution in [3.05, 3.63) is 46.4 Å². The summed E-state index contributed by atoms with van der Waals surface area (Å²) >= 11 is 0. The Morgan fingerprint density at radius 1 is 1.33 bits per heavy atom. The number of aromatic nitrogens is 2. The zero-order valence-electron chi connectivity index (χ0n) is 12.5. The lowest BCUT2D eigenvalue weighted by atomic mass is 10.2. The minimum atomic E-state index is -0.144. The average Bonchev–Trinajstić information content (AvgIpc) is 2.47. The molecule has 0 aliphatic rings. The Labute approximate surface area is 123 Å². The highest BCUT2D eigenvalue weighted by molar-refractivity contribution is 5.47. The lowest BCUT2D eigenvalue weighted by Crippen LogP contribution is -2.26. The summed E-state index contributed by atoms with van der Waals surface area (Å²) in [6.45, 7) is 3.19. The van der Waals surface area contributed by atoms with Crippen LogP contribution in [0.1, 0.15) is 12.5 Å². The molecule has 2 N–H and O–H groups in total. The van der Waals surface area contributed by atoms with E-state index in [-0.39, 0.29) is 5.56 Å². The fraction of sp³-hybridized carbons (Fsp3) is 0.333. The van der Waals surface area contributed by atoms with Crippen LogP contribution in [0.5, 0.6) is 5.75 Å². The Hall–Kier alpha value is -2.50. The van der Waals surface area contributed by atoms with E-state index in [4.69, 9.17) is 10.5 Å². The van der Waals surface area contributed by atoms with Crippen LogP contribution in [-0.4, -0.2) is 30.5 Å². The molecule has 0 aliphatic heterocycles. The van der Waals surface area contributed by atoms with Crippen LogP contribution in [-0.2, 0) is 6.54 Å². The summed E-state index contributed by atoms with van der Waals surface area (Å²) < 4.78 is 6.58. The number of hydrogen-bond acceptors (Lipinski definition) is 5. The summed E-state index contributed by atoms with van der Waals surface area (Å²) in [6, 6.07) is 6.97. The Bertz CT molecular complexity index is 682. The zero-order valence-corrected chi connectivity index (χ0v) is 12.5. The van der Waals surface area contributed by atoms with Crippen LogP contribution < -0.4 is 20.9 Å². The van der Waals surface area contributed by atoms with E-state index in [0.717, 1.165) is 17.8 Å². The molecule has 0 bridgehead atoms. The van der Waals surface area contributed by atoms with Gasteiger partial charge in [0.25, 0.3) is 5.56 Å². The van der Waals surface area contributed by atoms with Gasteiger partial charge in [-0.3, -0.25) is 4.79 Å². The highest BCUT2D eigenvalue weighted by Crippen LogP contribution is 2.18. The standard InChI is InChI=1S/C15H20N4O2/c1-4-18(2)13-8-15(20)19(17-9-13)10-11-5-12(16)7-14(6-11)21-3/h5-9H,4,10,16H2,1-3H3. The second-order valence-electron chi connectivity index (χ2n) is 4.84. The van der Waals surface area contributed by atoms with Crippen molar-refractivity contribution in [2.24, 2.45) is 0 Å². The van der Waals surface area contributed by atoms with E-state index in [2.05, 4.69) is 5.10 Å². The largest absolute Gasteiger partial charge is 0.497 e. The molecule has 0 unspecified atom stereocenters. The molecule has 2 rings (SSSR count). The summed E-state index contributed by atoms with van der Waals surface area (Å²) in [5.41, 5.74) is 7.95. The van der Waals surface area contributed by atoms with Gasteiger partial charge in [-0.15, -0.1) is 0 Å². The maximum atomic E-state index is 12.1. The number of benzene rings is 1. The molecule has 112 valence electrons. The maximum Gasteiger partial charge on any atom is 0.269 e. The normalized spacial score (nSPS) is 10.4. The molecule has 0 radical (unpaired) electrons. The van der Waals surface area contributed by atoms with Crippen LogP contribution >= 0.6 is 0 Å². The molecule has 1 aromatic carbocycles. The quantitative estimate of drug-likeness (QED) is 0.840. The van der Waals surface area contributed by atoms with E-state index in [1.165, 1.54) is 4.68 Å². The molecular weight excluding hydrogens is 268 g/mol. The number of methoxy groups -OCH3 is 1. The predicted octanol–water partition coefficient (Wildman–Crippen LogP) is 1.34. The predicted molar refractivity (Wildman–Crippen MR) is 83.9 cm³/mol. The fourth-order valence-corrected chi connectivity index (χ4v) is 2.00. The Morgan fingerprint density at radius 2 is 2.10 bits per heavy atom. The maximum absolute atomic E-state index is 12.1. The van der Waals surface area contributed by atoms with E-state index in [1.54, 1.807) is 25.4 Å². The Morgan fingerprint density at radius 3 is 2.71 bits per heavy atom. The first-order chi connectivity index (χ1) is 10.0. The van der Waals surface area contributed by atoms with Gasteiger partial charge < -0.3 is 15.4 Å². The number of ether oxygens (including phenoxy) is 1. The van der Waals surface area contributed by atoms with E-state index < -0.39 is 0 Å². The van der Waals surface area contributed by atoms with Crippen LogP contribution in [0.25, 0.3) is 0 Å². The zero-order chi connectivity index (χ0) is 15.4. The molecular formula is C15H20N4O2. The van der Waals surface area contributed by atoms with Crippen LogP contribution in [0.3, 0.4) is 0 Å². The van der Waals surface area contributed by atoms with Crippen LogP contribution in [0.4, 0.5) is 11.4 Å². The van der Waals surface area contributed by atoms with Crippen molar-refractivity contribution in [2.75, 3.05) is 31.3 Å². The summed E-state index contributed by atoms with van der Waals surface area (Å²) in [5.74, 6) is 0.667. The van der Waals surface area contributed by atoms with Crippen molar-refractivity contribution in [3.8, 4) is 5.75 Å². The third-order valence-electron chi connectivity index (χ3n) is 3.33. The van der Waals surface area contributed by atoms with Crippen molar-refractivity contribution >= 4 is 11.4 Å². The highest BCUT2D eigenvalue weighted by Gasteiger charge is 2.06. The summed E-state index contributed by atoms with van der Waals surface area (Å²) in [4.78, 5) is 14.1. The van der Waals surface area contributed by atoms with Crippen molar-refractivity contribution in [3.63, 3.8) is 0 Å². The molecule has 0 fully saturated rings. The first-order valence-corrected chi connectivity index (χ1v) is 6.75. The van der Waals surface area contributed by atoms with Gasteiger partial charge in [-0.1, -0.05) is 0 Å². The SMILES string of the molecule is CCN(C)c1cnn(Cc2cc(N)cc(OC)c2)c(=O)c1. The molecule has 2 aromatic rings. The third kappa shape index (κ3) is 3.53. The number of nitrogen functional groups attached to an aromatic ring is 1. The van der Waals surface area contributed by atoms with Crippen molar-refractivity contribution in [2.45, 2.75) is 13.5 Å². The van der Waals surface area contributed by atoms with Gasteiger partial charge >= 0.3 is 0 Å². The fourth-order valence-electron chi connectivity index (χ4n) is 2.00. The van der Waals surface area contributed by atoms with Crippen LogP contribution in [0, 0.1) is 0 Å². The summed E-state index contributed by atoms with van der Waals surface area (Å²) in [7, 11) is 3.50. The van der Waals surface area contributed by atoms with Gasteiger partial charge in [-0.05, 0) is 24.6 Å². The van der Waals surface area contributed by atoms with Gasteiger partial charge in [0.2, 0.25) is 0 Å². The van der Waals surface area contributed by atoms with Crippen molar-refractivity contribution in [1.82, 2.24) is 9.78 Å². The Balaban J connectivity index is 2.28. The number of rotatable bonds is 5. The number of hydrogen-bond donors (Lipinski definition) is 1. The topological polar surface area (TPSA) is 73.4 Å². The van der Waals surface area contributed by atoms with E-state index in [0.29, 0.717) is 18.0 Å². The number of nitrogens with two attached hydrogens (primary N) is 1. The second kappa shape index (κ2) is 6.30. The average molecular weight is 288 g/mol. The number of nitrogens with zero attached hydrogens (tertiary/aromatic N) is 3. The molecule has 0 spiro atoms. The van der Waals surface area contributed by atoms with Gasteiger partial charge in [0.15, 0.2) is 0 Å². The lowest BCUT2D eigenvalue weighted by molar-refractivity contribution is 0.414. The van der Waals surface area contributed by atoms with E-state index >= 15 is 0 Å². The van der Waals surface area contributed by atoms with Gasteiger partial charge in [0.05, 0.1) is 25.5 Å². The molecule has 6 heteroatoms. The molecule has 0 saturated carbocycles. The van der Waals surface area contributed by atoms with Crippen LogP contribution in [0.2, 0.25) is 0 Å². The van der Waals surface area contributed by atoms with Crippen molar-refractivity contribution in [1.29, 1.82) is 0 Å². The summed E-state index contributed by atoms with van der Waals surface area (Å²) in [5, 5.41) is 4.21. The van der Waals surface area contributed by atoms with Gasteiger partial charge in [-0.2, -0.15) is 5.10 Å². The third-order valence-corrected chi connectivity index (χ3v) is 3.33.